The fraction of sp³-hybridized carbons (Fsp3) is 0.360. The molecule has 3 heterocycles. The Balaban J connectivity index is 1.56. The molecule has 2 aliphatic heterocycles. The van der Waals surface area contributed by atoms with E-state index in [1.165, 1.54) is 11.1 Å². The van der Waals surface area contributed by atoms with Gasteiger partial charge in [-0.25, -0.2) is 14.4 Å². The van der Waals surface area contributed by atoms with Gasteiger partial charge in [-0.2, -0.15) is 0 Å². The number of anilines is 3. The summed E-state index contributed by atoms with van der Waals surface area (Å²) in [4.78, 5) is 10.3. The summed E-state index contributed by atoms with van der Waals surface area (Å²) >= 11 is 0. The number of hydrogen-bond acceptors (Lipinski definition) is 7. The Morgan fingerprint density at radius 1 is 1.17 bits per heavy atom. The number of fused-ring (bicyclic) bond motifs is 2. The Morgan fingerprint density at radius 3 is 2.78 bits per heavy atom. The molecule has 2 N–H and O–H groups in total. The summed E-state index contributed by atoms with van der Waals surface area (Å²) in [5.74, 6) is -1.20. The predicted molar refractivity (Wildman–Crippen MR) is 127 cm³/mol. The van der Waals surface area contributed by atoms with Gasteiger partial charge in [0.1, 0.15) is 12.3 Å². The molecule has 0 saturated carbocycles. The number of hydrogen-bond donors (Lipinski definition) is 2. The summed E-state index contributed by atoms with van der Waals surface area (Å²) in [6, 6.07) is 8.49. The molecule has 0 bridgehead atoms. The maximum atomic E-state index is 15.1. The molecule has 2 aromatic carbocycles. The van der Waals surface area contributed by atoms with E-state index in [0.717, 1.165) is 31.8 Å². The first-order valence-electron chi connectivity index (χ1n) is 11.6. The minimum absolute atomic E-state index is 0.0232. The Morgan fingerprint density at radius 2 is 2.00 bits per heavy atom. The van der Waals surface area contributed by atoms with E-state index in [4.69, 9.17) is 4.74 Å². The molecule has 5 rings (SSSR count). The van der Waals surface area contributed by atoms with Crippen LogP contribution in [0.25, 0.3) is 11.3 Å². The number of halogens is 4. The zero-order chi connectivity index (χ0) is 25.4. The second kappa shape index (κ2) is 9.45. The second-order valence-electron chi connectivity index (χ2n) is 8.93. The average Bonchev–Trinajstić information content (AvgIpc) is 2.83. The van der Waals surface area contributed by atoms with E-state index in [-0.39, 0.29) is 29.0 Å². The lowest BCUT2D eigenvalue weighted by Crippen LogP contribution is -2.38. The molecule has 190 valence electrons. The van der Waals surface area contributed by atoms with Gasteiger partial charge in [-0.15, -0.1) is 13.2 Å². The highest BCUT2D eigenvalue weighted by atomic mass is 19.4. The Kier molecular flexibility index (Phi) is 6.33. The smallest absolute Gasteiger partial charge is 0.486 e. The van der Waals surface area contributed by atoms with Gasteiger partial charge in [0.05, 0.1) is 18.4 Å². The van der Waals surface area contributed by atoms with Gasteiger partial charge in [-0.05, 0) is 62.2 Å². The zero-order valence-electron chi connectivity index (χ0n) is 19.7. The van der Waals surface area contributed by atoms with E-state index < -0.39 is 17.9 Å². The number of aromatic nitrogens is 2. The van der Waals surface area contributed by atoms with Crippen LogP contribution in [0.5, 0.6) is 11.5 Å². The highest BCUT2D eigenvalue weighted by molar-refractivity contribution is 5.76. The van der Waals surface area contributed by atoms with Crippen LogP contribution < -0.4 is 25.0 Å². The van der Waals surface area contributed by atoms with E-state index in [2.05, 4.69) is 25.3 Å². The van der Waals surface area contributed by atoms with E-state index in [1.807, 2.05) is 36.9 Å². The van der Waals surface area contributed by atoms with Crippen LogP contribution in [0.2, 0.25) is 0 Å². The normalized spacial score (nSPS) is 15.2. The highest BCUT2D eigenvalue weighted by Gasteiger charge is 2.34. The van der Waals surface area contributed by atoms with Crippen molar-refractivity contribution in [1.82, 2.24) is 15.3 Å². The first kappa shape index (κ1) is 24.1. The van der Waals surface area contributed by atoms with Crippen molar-refractivity contribution in [3.8, 4) is 22.8 Å². The van der Waals surface area contributed by atoms with Crippen LogP contribution in [0.1, 0.15) is 25.0 Å². The van der Waals surface area contributed by atoms with Gasteiger partial charge in [0, 0.05) is 23.8 Å². The van der Waals surface area contributed by atoms with Crippen LogP contribution in [0.3, 0.4) is 0 Å². The van der Waals surface area contributed by atoms with Gasteiger partial charge in [0.15, 0.2) is 17.3 Å². The van der Waals surface area contributed by atoms with Gasteiger partial charge in [-0.1, -0.05) is 6.07 Å². The molecule has 0 aliphatic carbocycles. The lowest BCUT2D eigenvalue weighted by Gasteiger charge is -2.34. The lowest BCUT2D eigenvalue weighted by molar-refractivity contribution is -0.274. The molecular weight excluding hydrogens is 478 g/mol. The van der Waals surface area contributed by atoms with Crippen LogP contribution in [-0.2, 0) is 13.0 Å². The maximum Gasteiger partial charge on any atom is 0.573 e. The minimum Gasteiger partial charge on any atom is -0.486 e. The van der Waals surface area contributed by atoms with E-state index >= 15 is 4.39 Å². The third-order valence-corrected chi connectivity index (χ3v) is 6.14. The maximum absolute atomic E-state index is 15.1. The van der Waals surface area contributed by atoms with Gasteiger partial charge < -0.3 is 25.0 Å². The van der Waals surface area contributed by atoms with Gasteiger partial charge >= 0.3 is 6.36 Å². The molecule has 0 spiro atoms. The third kappa shape index (κ3) is 5.01. The molecule has 0 amide bonds. The molecule has 0 unspecified atom stereocenters. The molecule has 2 aliphatic rings. The van der Waals surface area contributed by atoms with Crippen molar-refractivity contribution in [2.75, 3.05) is 29.9 Å². The van der Waals surface area contributed by atoms with Crippen LogP contribution in [0, 0.1) is 5.82 Å². The van der Waals surface area contributed by atoms with Crippen molar-refractivity contribution in [1.29, 1.82) is 0 Å². The number of nitrogens with zero attached hydrogens (tertiary/aromatic N) is 3. The van der Waals surface area contributed by atoms with Crippen LogP contribution in [0.15, 0.2) is 36.5 Å². The van der Waals surface area contributed by atoms with Crippen molar-refractivity contribution >= 4 is 17.3 Å². The largest absolute Gasteiger partial charge is 0.573 e. The Labute approximate surface area is 205 Å². The Bertz CT molecular complexity index is 1280. The molecule has 11 heteroatoms. The van der Waals surface area contributed by atoms with Crippen LogP contribution >= 0.6 is 0 Å². The van der Waals surface area contributed by atoms with Crippen molar-refractivity contribution in [3.63, 3.8) is 0 Å². The predicted octanol–water partition coefficient (Wildman–Crippen LogP) is 5.18. The van der Waals surface area contributed by atoms with Crippen molar-refractivity contribution in [2.24, 2.45) is 0 Å². The molecule has 3 aromatic rings. The molecule has 1 aromatic heterocycles. The summed E-state index contributed by atoms with van der Waals surface area (Å²) < 4.78 is 64.3. The lowest BCUT2D eigenvalue weighted by atomic mass is 10.0. The van der Waals surface area contributed by atoms with E-state index in [1.54, 1.807) is 6.07 Å². The summed E-state index contributed by atoms with van der Waals surface area (Å²) in [5.41, 5.74) is 3.42. The molecule has 7 nitrogen and oxygen atoms in total. The van der Waals surface area contributed by atoms with Crippen LogP contribution in [0.4, 0.5) is 34.9 Å². The first-order valence-corrected chi connectivity index (χ1v) is 11.6. The van der Waals surface area contributed by atoms with Crippen molar-refractivity contribution in [3.05, 3.63) is 53.5 Å². The quantitative estimate of drug-likeness (QED) is 0.465. The molecule has 0 saturated heterocycles. The van der Waals surface area contributed by atoms with E-state index in [9.17, 15) is 13.2 Å². The van der Waals surface area contributed by atoms with Crippen LogP contribution in [-0.4, -0.2) is 42.1 Å². The highest BCUT2D eigenvalue weighted by Crippen LogP contribution is 2.41. The Hall–Kier alpha value is -3.60. The summed E-state index contributed by atoms with van der Waals surface area (Å²) in [5, 5.41) is 6.35. The first-order chi connectivity index (χ1) is 17.2. The minimum atomic E-state index is -4.97. The monoisotopic (exact) mass is 503 g/mol. The number of ether oxygens (including phenoxy) is 2. The van der Waals surface area contributed by atoms with Gasteiger partial charge in [0.25, 0.3) is 0 Å². The molecule has 0 radical (unpaired) electrons. The molecule has 36 heavy (non-hydrogen) atoms. The topological polar surface area (TPSA) is 71.5 Å². The van der Waals surface area contributed by atoms with Gasteiger partial charge in [-0.3, -0.25) is 0 Å². The zero-order valence-corrected chi connectivity index (χ0v) is 19.7. The van der Waals surface area contributed by atoms with Crippen molar-refractivity contribution in [2.45, 2.75) is 39.2 Å². The molecule has 0 fully saturated rings. The summed E-state index contributed by atoms with van der Waals surface area (Å²) in [7, 11) is 0. The standard InChI is InChI=1S/C25H25F4N5O2/c1-14(2)34-7-8-35-23-19(26)10-17(11-20(23)34)22-21(36-25(27,28)29)13-31-24(33-22)32-18-4-3-16-12-30-6-5-15(16)9-18/h3-4,9-11,13-14,30H,5-8,12H2,1-2H3,(H,31,32,33). The van der Waals surface area contributed by atoms with Gasteiger partial charge in [0.2, 0.25) is 5.95 Å². The SMILES string of the molecule is CC(C)N1CCOc2c(F)cc(-c3nc(Nc4ccc5c(c4)CCNC5)ncc3OC(F)(F)F)cc21. The summed E-state index contributed by atoms with van der Waals surface area (Å²) in [6.45, 7) is 6.35. The van der Waals surface area contributed by atoms with Crippen molar-refractivity contribution < 1.29 is 27.0 Å². The fourth-order valence-electron chi connectivity index (χ4n) is 4.50. The van der Waals surface area contributed by atoms with E-state index in [0.29, 0.717) is 24.5 Å². The molecular formula is C25H25F4N5O2. The third-order valence-electron chi connectivity index (χ3n) is 6.14. The molecule has 0 atom stereocenters. The average molecular weight is 504 g/mol. The number of rotatable bonds is 5. The second-order valence-corrected chi connectivity index (χ2v) is 8.93. The summed E-state index contributed by atoms with van der Waals surface area (Å²) in [6.07, 6.45) is -3.17. The number of nitrogens with one attached hydrogen (secondary N) is 2. The number of benzene rings is 2. The fourth-order valence-corrected chi connectivity index (χ4v) is 4.50. The number of alkyl halides is 3.